The number of hydrogen-bond acceptors (Lipinski definition) is 3. The molecule has 0 atom stereocenters. The zero-order valence-corrected chi connectivity index (χ0v) is 16.2. The smallest absolute Gasteiger partial charge is 0.251 e. The standard InChI is InChI=1S/C23H30N2O2/c1-2-3-4-19-9-11-22(12-10-19)23(26)24-17-20-5-7-21(8-6-20)18-25-13-15-27-16-14-25/h5-12H,2-4,13-18H2,1H3,(H,24,26). The second kappa shape index (κ2) is 10.2. The van der Waals surface area contributed by atoms with E-state index in [1.54, 1.807) is 0 Å². The molecule has 0 radical (unpaired) electrons. The normalized spacial score (nSPS) is 14.9. The van der Waals surface area contributed by atoms with E-state index in [0.717, 1.165) is 50.4 Å². The number of aryl methyl sites for hydroxylation is 1. The van der Waals surface area contributed by atoms with Crippen LogP contribution < -0.4 is 5.32 Å². The average molecular weight is 367 g/mol. The van der Waals surface area contributed by atoms with Gasteiger partial charge in [-0.25, -0.2) is 0 Å². The van der Waals surface area contributed by atoms with Crippen LogP contribution in [0, 0.1) is 0 Å². The molecule has 0 aromatic heterocycles. The lowest BCUT2D eigenvalue weighted by Gasteiger charge is -2.26. The van der Waals surface area contributed by atoms with Crippen molar-refractivity contribution in [1.29, 1.82) is 0 Å². The van der Waals surface area contributed by atoms with Gasteiger partial charge in [0.1, 0.15) is 0 Å². The highest BCUT2D eigenvalue weighted by Crippen LogP contribution is 2.11. The van der Waals surface area contributed by atoms with E-state index in [-0.39, 0.29) is 5.91 Å². The van der Waals surface area contributed by atoms with Crippen molar-refractivity contribution in [3.05, 3.63) is 70.8 Å². The maximum absolute atomic E-state index is 12.3. The number of carbonyl (C=O) groups excluding carboxylic acids is 1. The summed E-state index contributed by atoms with van der Waals surface area (Å²) < 4.78 is 5.39. The number of nitrogens with one attached hydrogen (secondary N) is 1. The number of hydrogen-bond donors (Lipinski definition) is 1. The predicted molar refractivity (Wildman–Crippen MR) is 109 cm³/mol. The fourth-order valence-corrected chi connectivity index (χ4v) is 3.27. The molecule has 0 spiro atoms. The summed E-state index contributed by atoms with van der Waals surface area (Å²) >= 11 is 0. The highest BCUT2D eigenvalue weighted by atomic mass is 16.5. The predicted octanol–water partition coefficient (Wildman–Crippen LogP) is 3.79. The third-order valence-corrected chi connectivity index (χ3v) is 5.02. The Kier molecular flexibility index (Phi) is 7.43. The highest BCUT2D eigenvalue weighted by molar-refractivity contribution is 5.94. The molecule has 27 heavy (non-hydrogen) atoms. The molecule has 2 aromatic carbocycles. The molecule has 0 bridgehead atoms. The summed E-state index contributed by atoms with van der Waals surface area (Å²) in [5.74, 6) is -0.0190. The Hall–Kier alpha value is -2.17. The van der Waals surface area contributed by atoms with Gasteiger partial charge in [-0.15, -0.1) is 0 Å². The van der Waals surface area contributed by atoms with Gasteiger partial charge in [-0.1, -0.05) is 49.7 Å². The number of benzene rings is 2. The molecule has 0 saturated carbocycles. The van der Waals surface area contributed by atoms with Crippen molar-refractivity contribution >= 4 is 5.91 Å². The second-order valence-electron chi connectivity index (χ2n) is 7.19. The van der Waals surface area contributed by atoms with Crippen molar-refractivity contribution in [1.82, 2.24) is 10.2 Å². The van der Waals surface area contributed by atoms with Crippen molar-refractivity contribution in [2.75, 3.05) is 26.3 Å². The van der Waals surface area contributed by atoms with Gasteiger partial charge in [0.05, 0.1) is 13.2 Å². The van der Waals surface area contributed by atoms with Crippen molar-refractivity contribution in [2.45, 2.75) is 39.3 Å². The van der Waals surface area contributed by atoms with Gasteiger partial charge in [0.2, 0.25) is 0 Å². The Balaban J connectivity index is 1.46. The molecule has 1 heterocycles. The van der Waals surface area contributed by atoms with Crippen LogP contribution in [-0.2, 0) is 24.2 Å². The largest absolute Gasteiger partial charge is 0.379 e. The molecule has 1 aliphatic heterocycles. The van der Waals surface area contributed by atoms with E-state index in [2.05, 4.69) is 53.5 Å². The molecule has 1 amide bonds. The number of ether oxygens (including phenoxy) is 1. The molecule has 0 unspecified atom stereocenters. The van der Waals surface area contributed by atoms with E-state index in [9.17, 15) is 4.79 Å². The van der Waals surface area contributed by atoms with Gasteiger partial charge in [-0.2, -0.15) is 0 Å². The molecule has 1 fully saturated rings. The van der Waals surface area contributed by atoms with Crippen LogP contribution in [0.1, 0.15) is 46.8 Å². The first kappa shape index (κ1) is 19.6. The van der Waals surface area contributed by atoms with E-state index in [4.69, 9.17) is 4.74 Å². The average Bonchev–Trinajstić information content (AvgIpc) is 2.72. The minimum atomic E-state index is -0.0190. The lowest BCUT2D eigenvalue weighted by atomic mass is 10.1. The van der Waals surface area contributed by atoms with Crippen LogP contribution in [0.5, 0.6) is 0 Å². The molecule has 144 valence electrons. The Morgan fingerprint density at radius 1 is 0.963 bits per heavy atom. The molecule has 4 nitrogen and oxygen atoms in total. The van der Waals surface area contributed by atoms with E-state index in [1.807, 2.05) is 12.1 Å². The summed E-state index contributed by atoms with van der Waals surface area (Å²) in [5, 5.41) is 3.01. The summed E-state index contributed by atoms with van der Waals surface area (Å²) in [6, 6.07) is 16.5. The minimum Gasteiger partial charge on any atom is -0.379 e. The van der Waals surface area contributed by atoms with Gasteiger partial charge in [0, 0.05) is 31.7 Å². The summed E-state index contributed by atoms with van der Waals surface area (Å²) in [4.78, 5) is 14.8. The molecule has 0 aliphatic carbocycles. The lowest BCUT2D eigenvalue weighted by Crippen LogP contribution is -2.35. The minimum absolute atomic E-state index is 0.0190. The molecule has 4 heteroatoms. The maximum Gasteiger partial charge on any atom is 0.251 e. The first-order valence-electron chi connectivity index (χ1n) is 9.99. The molecular formula is C23H30N2O2. The Morgan fingerprint density at radius 2 is 1.59 bits per heavy atom. The maximum atomic E-state index is 12.3. The Labute approximate surface area is 162 Å². The van der Waals surface area contributed by atoms with Crippen LogP contribution in [0.3, 0.4) is 0 Å². The third-order valence-electron chi connectivity index (χ3n) is 5.02. The van der Waals surface area contributed by atoms with Crippen LogP contribution in [0.2, 0.25) is 0 Å². The van der Waals surface area contributed by atoms with Gasteiger partial charge >= 0.3 is 0 Å². The van der Waals surface area contributed by atoms with Crippen molar-refractivity contribution in [3.63, 3.8) is 0 Å². The van der Waals surface area contributed by atoms with Crippen molar-refractivity contribution < 1.29 is 9.53 Å². The van der Waals surface area contributed by atoms with E-state index in [0.29, 0.717) is 6.54 Å². The monoisotopic (exact) mass is 366 g/mol. The molecule has 1 saturated heterocycles. The van der Waals surface area contributed by atoms with Gasteiger partial charge in [0.15, 0.2) is 0 Å². The fourth-order valence-electron chi connectivity index (χ4n) is 3.27. The van der Waals surface area contributed by atoms with Gasteiger partial charge < -0.3 is 10.1 Å². The van der Waals surface area contributed by atoms with Gasteiger partial charge in [-0.3, -0.25) is 9.69 Å². The summed E-state index contributed by atoms with van der Waals surface area (Å²) in [6.45, 7) is 7.34. The molecule has 3 rings (SSSR count). The number of carbonyl (C=O) groups is 1. The molecular weight excluding hydrogens is 336 g/mol. The first-order valence-corrected chi connectivity index (χ1v) is 9.99. The van der Waals surface area contributed by atoms with Crippen molar-refractivity contribution in [3.8, 4) is 0 Å². The number of morpholine rings is 1. The highest BCUT2D eigenvalue weighted by Gasteiger charge is 2.10. The summed E-state index contributed by atoms with van der Waals surface area (Å²) in [5.41, 5.74) is 4.44. The fraction of sp³-hybridized carbons (Fsp3) is 0.435. The number of nitrogens with zero attached hydrogens (tertiary/aromatic N) is 1. The van der Waals surface area contributed by atoms with Gasteiger partial charge in [-0.05, 0) is 41.7 Å². The molecule has 2 aromatic rings. The van der Waals surface area contributed by atoms with Crippen molar-refractivity contribution in [2.24, 2.45) is 0 Å². The number of amides is 1. The number of unbranched alkanes of at least 4 members (excludes halogenated alkanes) is 1. The molecule has 1 N–H and O–H groups in total. The zero-order valence-electron chi connectivity index (χ0n) is 16.2. The number of rotatable bonds is 8. The Bertz CT molecular complexity index is 704. The SMILES string of the molecule is CCCCc1ccc(C(=O)NCc2ccc(CN3CCOCC3)cc2)cc1. The Morgan fingerprint density at radius 3 is 2.26 bits per heavy atom. The van der Waals surface area contributed by atoms with E-state index >= 15 is 0 Å². The van der Waals surface area contributed by atoms with Gasteiger partial charge in [0.25, 0.3) is 5.91 Å². The quantitative estimate of drug-likeness (QED) is 0.773. The van der Waals surface area contributed by atoms with E-state index < -0.39 is 0 Å². The third kappa shape index (κ3) is 6.19. The van der Waals surface area contributed by atoms with Crippen LogP contribution in [-0.4, -0.2) is 37.1 Å². The second-order valence-corrected chi connectivity index (χ2v) is 7.19. The van der Waals surface area contributed by atoms with E-state index in [1.165, 1.54) is 24.0 Å². The topological polar surface area (TPSA) is 41.6 Å². The summed E-state index contributed by atoms with van der Waals surface area (Å²) in [6.07, 6.45) is 3.45. The van der Waals surface area contributed by atoms with Crippen LogP contribution in [0.25, 0.3) is 0 Å². The van der Waals surface area contributed by atoms with Crippen LogP contribution in [0.4, 0.5) is 0 Å². The summed E-state index contributed by atoms with van der Waals surface area (Å²) in [7, 11) is 0. The molecule has 1 aliphatic rings. The van der Waals surface area contributed by atoms with Crippen LogP contribution in [0.15, 0.2) is 48.5 Å². The lowest BCUT2D eigenvalue weighted by molar-refractivity contribution is 0.0342. The first-order chi connectivity index (χ1) is 13.2. The zero-order chi connectivity index (χ0) is 18.9. The van der Waals surface area contributed by atoms with Crippen LogP contribution >= 0.6 is 0 Å².